The molecule has 2 heterocycles. The van der Waals surface area contributed by atoms with Crippen molar-refractivity contribution in [2.24, 2.45) is 5.92 Å². The minimum absolute atomic E-state index is 0.161. The molecule has 0 saturated carbocycles. The Morgan fingerprint density at radius 1 is 1.31 bits per heavy atom. The second kappa shape index (κ2) is 8.40. The summed E-state index contributed by atoms with van der Waals surface area (Å²) in [7, 11) is 0. The van der Waals surface area contributed by atoms with E-state index in [1.54, 1.807) is 24.3 Å². The lowest BCUT2D eigenvalue weighted by Crippen LogP contribution is -2.58. The van der Waals surface area contributed by atoms with Crippen molar-refractivity contribution in [3.05, 3.63) is 34.9 Å². The smallest absolute Gasteiger partial charge is 0.407 e. The minimum atomic E-state index is -0.299. The predicted molar refractivity (Wildman–Crippen MR) is 102 cm³/mol. The molecule has 26 heavy (non-hydrogen) atoms. The molecule has 1 aromatic rings. The van der Waals surface area contributed by atoms with Crippen LogP contribution in [0.3, 0.4) is 0 Å². The summed E-state index contributed by atoms with van der Waals surface area (Å²) in [6, 6.07) is 7.07. The number of benzene rings is 1. The maximum atomic E-state index is 12.2. The second-order valence-electron chi connectivity index (χ2n) is 7.32. The van der Waals surface area contributed by atoms with E-state index in [2.05, 4.69) is 17.1 Å². The number of piperidine rings is 1. The van der Waals surface area contributed by atoms with E-state index in [1.165, 1.54) is 0 Å². The van der Waals surface area contributed by atoms with E-state index in [0.29, 0.717) is 23.9 Å². The van der Waals surface area contributed by atoms with Gasteiger partial charge in [-0.15, -0.1) is 0 Å². The van der Waals surface area contributed by atoms with Crippen molar-refractivity contribution in [3.63, 3.8) is 0 Å². The van der Waals surface area contributed by atoms with Gasteiger partial charge in [0.15, 0.2) is 5.78 Å². The first kappa shape index (κ1) is 19.2. The summed E-state index contributed by atoms with van der Waals surface area (Å²) in [6.07, 6.45) is 3.87. The first-order chi connectivity index (χ1) is 12.5. The molecule has 142 valence electrons. The van der Waals surface area contributed by atoms with Crippen LogP contribution in [0.1, 0.15) is 49.4 Å². The van der Waals surface area contributed by atoms with Gasteiger partial charge in [0.05, 0.1) is 0 Å². The molecule has 2 saturated heterocycles. The van der Waals surface area contributed by atoms with Gasteiger partial charge in [-0.1, -0.05) is 18.5 Å². The average Bonchev–Trinajstić information content (AvgIpc) is 2.64. The van der Waals surface area contributed by atoms with Crippen LogP contribution in [-0.4, -0.2) is 48.6 Å². The number of alkyl carbamates (subject to hydrolysis) is 1. The standard InChI is InChI=1S/C20H27ClN2O3/c1-2-16-14-22-19(25)26-20(16)9-12-23(13-10-20)11-3-4-18(24)15-5-7-17(21)8-6-15/h5-8,16H,2-4,9-14H2,1H3,(H,22,25). The Morgan fingerprint density at radius 2 is 2.00 bits per heavy atom. The maximum Gasteiger partial charge on any atom is 0.407 e. The highest BCUT2D eigenvalue weighted by Crippen LogP contribution is 2.37. The van der Waals surface area contributed by atoms with Crippen molar-refractivity contribution in [2.75, 3.05) is 26.2 Å². The van der Waals surface area contributed by atoms with Crippen molar-refractivity contribution >= 4 is 23.5 Å². The van der Waals surface area contributed by atoms with Gasteiger partial charge in [0.25, 0.3) is 0 Å². The first-order valence-corrected chi connectivity index (χ1v) is 9.88. The van der Waals surface area contributed by atoms with E-state index in [-0.39, 0.29) is 17.5 Å². The summed E-state index contributed by atoms with van der Waals surface area (Å²) in [5.41, 5.74) is 0.423. The molecule has 0 radical (unpaired) electrons. The molecule has 1 atom stereocenters. The van der Waals surface area contributed by atoms with Crippen LogP contribution in [-0.2, 0) is 4.74 Å². The molecule has 1 N–H and O–H groups in total. The van der Waals surface area contributed by atoms with E-state index < -0.39 is 0 Å². The molecule has 0 aromatic heterocycles. The molecule has 1 amide bonds. The average molecular weight is 379 g/mol. The number of carbonyl (C=O) groups is 2. The van der Waals surface area contributed by atoms with Gasteiger partial charge in [0, 0.05) is 55.4 Å². The molecule has 1 aromatic carbocycles. The normalized spacial score (nSPS) is 22.7. The van der Waals surface area contributed by atoms with Crippen LogP contribution >= 0.6 is 11.6 Å². The molecule has 6 heteroatoms. The van der Waals surface area contributed by atoms with Crippen LogP contribution < -0.4 is 5.32 Å². The fraction of sp³-hybridized carbons (Fsp3) is 0.600. The Labute approximate surface area is 160 Å². The molecular weight excluding hydrogens is 352 g/mol. The van der Waals surface area contributed by atoms with Gasteiger partial charge in [0.2, 0.25) is 0 Å². The number of rotatable bonds is 6. The maximum absolute atomic E-state index is 12.2. The molecule has 2 aliphatic heterocycles. The Morgan fingerprint density at radius 3 is 2.65 bits per heavy atom. The van der Waals surface area contributed by atoms with Crippen LogP contribution in [0.15, 0.2) is 24.3 Å². The highest BCUT2D eigenvalue weighted by molar-refractivity contribution is 6.30. The Kier molecular flexibility index (Phi) is 6.20. The number of halogens is 1. The number of likely N-dealkylation sites (tertiary alicyclic amines) is 1. The lowest BCUT2D eigenvalue weighted by Gasteiger charge is -2.48. The van der Waals surface area contributed by atoms with E-state index >= 15 is 0 Å². The summed E-state index contributed by atoms with van der Waals surface area (Å²) in [6.45, 7) is 5.60. The number of ether oxygens (including phenoxy) is 1. The zero-order valence-electron chi connectivity index (χ0n) is 15.3. The van der Waals surface area contributed by atoms with Crippen LogP contribution in [0.2, 0.25) is 5.02 Å². The van der Waals surface area contributed by atoms with Crippen LogP contribution in [0, 0.1) is 5.92 Å². The Balaban J connectivity index is 1.44. The molecule has 2 fully saturated rings. The predicted octanol–water partition coefficient (Wildman–Crippen LogP) is 3.90. The largest absolute Gasteiger partial charge is 0.442 e. The third kappa shape index (κ3) is 4.38. The molecule has 0 aliphatic carbocycles. The second-order valence-corrected chi connectivity index (χ2v) is 7.75. The van der Waals surface area contributed by atoms with Crippen LogP contribution in [0.5, 0.6) is 0 Å². The highest BCUT2D eigenvalue weighted by atomic mass is 35.5. The van der Waals surface area contributed by atoms with Crippen LogP contribution in [0.4, 0.5) is 4.79 Å². The summed E-state index contributed by atoms with van der Waals surface area (Å²) in [5, 5.41) is 3.46. The number of nitrogens with zero attached hydrogens (tertiary/aromatic N) is 1. The fourth-order valence-electron chi connectivity index (χ4n) is 4.12. The van der Waals surface area contributed by atoms with Crippen molar-refractivity contribution in [1.82, 2.24) is 10.2 Å². The van der Waals surface area contributed by atoms with E-state index in [9.17, 15) is 9.59 Å². The van der Waals surface area contributed by atoms with Gasteiger partial charge in [-0.25, -0.2) is 4.79 Å². The monoisotopic (exact) mass is 378 g/mol. The van der Waals surface area contributed by atoms with Gasteiger partial charge in [0.1, 0.15) is 5.60 Å². The highest BCUT2D eigenvalue weighted by Gasteiger charge is 2.46. The summed E-state index contributed by atoms with van der Waals surface area (Å²) in [5.74, 6) is 0.544. The fourth-order valence-corrected chi connectivity index (χ4v) is 4.25. The molecular formula is C20H27ClN2O3. The van der Waals surface area contributed by atoms with Crippen molar-refractivity contribution in [3.8, 4) is 0 Å². The van der Waals surface area contributed by atoms with E-state index in [0.717, 1.165) is 50.9 Å². The van der Waals surface area contributed by atoms with Gasteiger partial charge in [-0.2, -0.15) is 0 Å². The van der Waals surface area contributed by atoms with E-state index in [4.69, 9.17) is 16.3 Å². The number of Topliss-reactive ketones (excluding diaryl/α,β-unsaturated/α-hetero) is 1. The van der Waals surface area contributed by atoms with Gasteiger partial charge < -0.3 is 15.0 Å². The number of amides is 1. The topological polar surface area (TPSA) is 58.6 Å². The summed E-state index contributed by atoms with van der Waals surface area (Å²) >= 11 is 5.86. The lowest BCUT2D eigenvalue weighted by molar-refractivity contribution is -0.0923. The number of nitrogens with one attached hydrogen (secondary N) is 1. The van der Waals surface area contributed by atoms with Crippen molar-refractivity contribution in [1.29, 1.82) is 0 Å². The summed E-state index contributed by atoms with van der Waals surface area (Å²) < 4.78 is 5.74. The number of hydrogen-bond acceptors (Lipinski definition) is 4. The van der Waals surface area contributed by atoms with Gasteiger partial charge in [-0.05, 0) is 43.7 Å². The van der Waals surface area contributed by atoms with Gasteiger partial charge >= 0.3 is 6.09 Å². The quantitative estimate of drug-likeness (QED) is 0.762. The Hall–Kier alpha value is -1.59. The first-order valence-electron chi connectivity index (χ1n) is 9.50. The summed E-state index contributed by atoms with van der Waals surface area (Å²) in [4.78, 5) is 26.3. The molecule has 2 aliphatic rings. The van der Waals surface area contributed by atoms with Crippen molar-refractivity contribution in [2.45, 2.75) is 44.6 Å². The molecule has 5 nitrogen and oxygen atoms in total. The minimum Gasteiger partial charge on any atom is -0.442 e. The van der Waals surface area contributed by atoms with E-state index in [1.807, 2.05) is 0 Å². The van der Waals surface area contributed by atoms with Crippen LogP contribution in [0.25, 0.3) is 0 Å². The molecule has 1 spiro atoms. The molecule has 3 rings (SSSR count). The third-order valence-electron chi connectivity index (χ3n) is 5.77. The van der Waals surface area contributed by atoms with Crippen molar-refractivity contribution < 1.29 is 14.3 Å². The zero-order chi connectivity index (χ0) is 18.6. The Bertz CT molecular complexity index is 639. The molecule has 1 unspecified atom stereocenters. The number of hydrogen-bond donors (Lipinski definition) is 1. The number of carbonyl (C=O) groups excluding carboxylic acids is 2. The molecule has 0 bridgehead atoms. The number of ketones is 1. The van der Waals surface area contributed by atoms with Gasteiger partial charge in [-0.3, -0.25) is 4.79 Å². The lowest BCUT2D eigenvalue weighted by atomic mass is 9.77. The zero-order valence-corrected chi connectivity index (χ0v) is 16.1. The third-order valence-corrected chi connectivity index (χ3v) is 6.02. The SMILES string of the molecule is CCC1CNC(=O)OC12CCN(CCCC(=O)c1ccc(Cl)cc1)CC2.